The fourth-order valence-electron chi connectivity index (χ4n) is 4.49. The van der Waals surface area contributed by atoms with Crippen molar-refractivity contribution in [2.45, 2.75) is 32.2 Å². The van der Waals surface area contributed by atoms with Crippen molar-refractivity contribution in [1.29, 1.82) is 0 Å². The molecule has 3 aromatic rings. The monoisotopic (exact) mass is 551 g/mol. The highest BCUT2D eigenvalue weighted by Gasteiger charge is 2.29. The van der Waals surface area contributed by atoms with E-state index >= 15 is 0 Å². The molecule has 1 aliphatic heterocycles. The van der Waals surface area contributed by atoms with E-state index in [9.17, 15) is 14.4 Å². The average Bonchev–Trinajstić information content (AvgIpc) is 3.39. The van der Waals surface area contributed by atoms with Crippen LogP contribution in [0.4, 0.5) is 16.2 Å². The molecular weight excluding hydrogens is 522 g/mol. The summed E-state index contributed by atoms with van der Waals surface area (Å²) < 4.78 is 11.3. The van der Waals surface area contributed by atoms with E-state index in [4.69, 9.17) is 26.2 Å². The number of hydrogen-bond acceptors (Lipinski definition) is 5. The maximum absolute atomic E-state index is 13.2. The number of benzene rings is 3. The molecular formula is C29H30ClN3O6. The number of aromatic carboxylic acids is 1. The van der Waals surface area contributed by atoms with Crippen LogP contribution in [-0.2, 0) is 11.2 Å². The number of rotatable bonds is 9. The molecule has 0 saturated carbocycles. The highest BCUT2D eigenvalue weighted by molar-refractivity contribution is 6.32. The Morgan fingerprint density at radius 3 is 2.51 bits per heavy atom. The fourth-order valence-corrected chi connectivity index (χ4v) is 4.72. The van der Waals surface area contributed by atoms with Crippen LogP contribution in [-0.4, -0.2) is 54.2 Å². The summed E-state index contributed by atoms with van der Waals surface area (Å²) in [6, 6.07) is 16.5. The molecule has 0 radical (unpaired) electrons. The van der Waals surface area contributed by atoms with Crippen LogP contribution in [0.5, 0.6) is 11.5 Å². The number of likely N-dealkylation sites (tertiary alicyclic amines) is 1. The SMILES string of the molecule is COc1cc(CC(=O)N2CCCC2COc2ccc(C(=O)O)cc2Cl)ccc1NC(=O)Nc1ccccc1C. The summed E-state index contributed by atoms with van der Waals surface area (Å²) in [4.78, 5) is 38.6. The summed E-state index contributed by atoms with van der Waals surface area (Å²) in [7, 11) is 1.51. The molecule has 1 saturated heterocycles. The number of carboxylic acids is 1. The number of carboxylic acid groups (broad SMARTS) is 1. The number of aryl methyl sites for hydroxylation is 1. The molecule has 0 aromatic heterocycles. The first-order chi connectivity index (χ1) is 18.7. The van der Waals surface area contributed by atoms with Gasteiger partial charge in [-0.15, -0.1) is 0 Å². The molecule has 10 heteroatoms. The van der Waals surface area contributed by atoms with Crippen molar-refractivity contribution in [2.75, 3.05) is 30.9 Å². The number of para-hydroxylation sites is 1. The number of nitrogens with one attached hydrogen (secondary N) is 2. The molecule has 1 unspecified atom stereocenters. The molecule has 9 nitrogen and oxygen atoms in total. The van der Waals surface area contributed by atoms with E-state index in [0.717, 1.165) is 24.0 Å². The molecule has 0 spiro atoms. The normalized spacial score (nSPS) is 14.5. The number of carbonyl (C=O) groups is 3. The van der Waals surface area contributed by atoms with E-state index in [1.54, 1.807) is 23.1 Å². The van der Waals surface area contributed by atoms with Crippen LogP contribution in [0.1, 0.15) is 34.3 Å². The number of urea groups is 1. The number of nitrogens with zero attached hydrogens (tertiary/aromatic N) is 1. The van der Waals surface area contributed by atoms with Crippen LogP contribution in [0.25, 0.3) is 0 Å². The third-order valence-corrected chi connectivity index (χ3v) is 6.87. The van der Waals surface area contributed by atoms with Crippen molar-refractivity contribution in [1.82, 2.24) is 4.90 Å². The van der Waals surface area contributed by atoms with Gasteiger partial charge < -0.3 is 30.1 Å². The molecule has 1 fully saturated rings. The summed E-state index contributed by atoms with van der Waals surface area (Å²) in [5.41, 5.74) is 2.96. The molecule has 0 aliphatic carbocycles. The first-order valence-electron chi connectivity index (χ1n) is 12.5. The van der Waals surface area contributed by atoms with Gasteiger partial charge in [0.1, 0.15) is 18.1 Å². The van der Waals surface area contributed by atoms with Crippen LogP contribution in [0, 0.1) is 6.92 Å². The molecule has 3 aromatic carbocycles. The summed E-state index contributed by atoms with van der Waals surface area (Å²) in [5.74, 6) is -0.295. The Labute approximate surface area is 231 Å². The van der Waals surface area contributed by atoms with Crippen LogP contribution in [0.15, 0.2) is 60.7 Å². The number of hydrogen-bond donors (Lipinski definition) is 3. The molecule has 3 N–H and O–H groups in total. The number of methoxy groups -OCH3 is 1. The smallest absolute Gasteiger partial charge is 0.335 e. The van der Waals surface area contributed by atoms with Crippen molar-refractivity contribution in [2.24, 2.45) is 0 Å². The van der Waals surface area contributed by atoms with E-state index in [1.807, 2.05) is 31.2 Å². The first-order valence-corrected chi connectivity index (χ1v) is 12.9. The lowest BCUT2D eigenvalue weighted by Crippen LogP contribution is -2.39. The number of carbonyl (C=O) groups excluding carboxylic acids is 2. The van der Waals surface area contributed by atoms with Crippen molar-refractivity contribution in [3.63, 3.8) is 0 Å². The topological polar surface area (TPSA) is 117 Å². The third-order valence-electron chi connectivity index (χ3n) is 6.57. The average molecular weight is 552 g/mol. The second kappa shape index (κ2) is 12.5. The van der Waals surface area contributed by atoms with E-state index in [0.29, 0.717) is 29.4 Å². The van der Waals surface area contributed by atoms with E-state index in [2.05, 4.69) is 10.6 Å². The maximum atomic E-state index is 13.2. The third kappa shape index (κ3) is 7.00. The van der Waals surface area contributed by atoms with Gasteiger partial charge in [-0.1, -0.05) is 35.9 Å². The molecule has 4 rings (SSSR count). The fraction of sp³-hybridized carbons (Fsp3) is 0.276. The number of amides is 3. The summed E-state index contributed by atoms with van der Waals surface area (Å²) in [6.07, 6.45) is 1.81. The van der Waals surface area contributed by atoms with Gasteiger partial charge in [-0.3, -0.25) is 4.79 Å². The highest BCUT2D eigenvalue weighted by Crippen LogP contribution is 2.29. The first kappa shape index (κ1) is 27.8. The van der Waals surface area contributed by atoms with Crippen molar-refractivity contribution < 1.29 is 29.0 Å². The Hall–Kier alpha value is -4.24. The van der Waals surface area contributed by atoms with E-state index in [1.165, 1.54) is 25.3 Å². The van der Waals surface area contributed by atoms with Gasteiger partial charge in [0.05, 0.1) is 35.8 Å². The van der Waals surface area contributed by atoms with Gasteiger partial charge in [0, 0.05) is 12.2 Å². The lowest BCUT2D eigenvalue weighted by molar-refractivity contribution is -0.131. The van der Waals surface area contributed by atoms with E-state index < -0.39 is 12.0 Å². The standard InChI is InChI=1S/C29H30ClN3O6/c1-18-6-3-4-8-23(18)31-29(37)32-24-11-9-19(14-26(24)38-2)15-27(34)33-13-5-7-21(33)17-39-25-12-10-20(28(35)36)16-22(25)30/h3-4,6,8-12,14,16,21H,5,7,13,15,17H2,1-2H3,(H,35,36)(H2,31,32,37). The van der Waals surface area contributed by atoms with Crippen molar-refractivity contribution >= 4 is 40.9 Å². The van der Waals surface area contributed by atoms with E-state index in [-0.39, 0.29) is 35.6 Å². The molecule has 39 heavy (non-hydrogen) atoms. The molecule has 204 valence electrons. The van der Waals surface area contributed by atoms with Crippen LogP contribution < -0.4 is 20.1 Å². The lowest BCUT2D eigenvalue weighted by Gasteiger charge is -2.25. The van der Waals surface area contributed by atoms with Crippen LogP contribution in [0.3, 0.4) is 0 Å². The van der Waals surface area contributed by atoms with Gasteiger partial charge in [-0.2, -0.15) is 0 Å². The molecule has 0 bridgehead atoms. The predicted octanol–water partition coefficient (Wildman–Crippen LogP) is 5.61. The minimum atomic E-state index is -1.07. The lowest BCUT2D eigenvalue weighted by atomic mass is 10.1. The number of halogens is 1. The summed E-state index contributed by atoms with van der Waals surface area (Å²) in [5, 5.41) is 14.9. The molecule has 1 aliphatic rings. The Bertz CT molecular complexity index is 1380. The van der Waals surface area contributed by atoms with Crippen LogP contribution in [0.2, 0.25) is 5.02 Å². The zero-order chi connectivity index (χ0) is 27.9. The molecule has 1 heterocycles. The molecule has 1 atom stereocenters. The Morgan fingerprint density at radius 1 is 1.03 bits per heavy atom. The van der Waals surface area contributed by atoms with Gasteiger partial charge >= 0.3 is 12.0 Å². The van der Waals surface area contributed by atoms with Gasteiger partial charge in [0.25, 0.3) is 0 Å². The molecule has 3 amide bonds. The van der Waals surface area contributed by atoms with Gasteiger partial charge in [0.2, 0.25) is 5.91 Å². The van der Waals surface area contributed by atoms with Crippen LogP contribution >= 0.6 is 11.6 Å². The zero-order valence-electron chi connectivity index (χ0n) is 21.7. The van der Waals surface area contributed by atoms with Gasteiger partial charge in [0.15, 0.2) is 0 Å². The second-order valence-corrected chi connectivity index (χ2v) is 9.66. The largest absolute Gasteiger partial charge is 0.495 e. The summed E-state index contributed by atoms with van der Waals surface area (Å²) in [6.45, 7) is 2.78. The zero-order valence-corrected chi connectivity index (χ0v) is 22.5. The van der Waals surface area contributed by atoms with Gasteiger partial charge in [-0.05, 0) is 67.3 Å². The Morgan fingerprint density at radius 2 is 1.79 bits per heavy atom. The Kier molecular flexibility index (Phi) is 8.93. The highest BCUT2D eigenvalue weighted by atomic mass is 35.5. The number of ether oxygens (including phenoxy) is 2. The quantitative estimate of drug-likeness (QED) is 0.318. The summed E-state index contributed by atoms with van der Waals surface area (Å²) >= 11 is 6.17. The van der Waals surface area contributed by atoms with Crippen molar-refractivity contribution in [3.8, 4) is 11.5 Å². The number of anilines is 2. The van der Waals surface area contributed by atoms with Crippen molar-refractivity contribution in [3.05, 3.63) is 82.4 Å². The predicted molar refractivity (Wildman–Crippen MR) is 149 cm³/mol. The maximum Gasteiger partial charge on any atom is 0.335 e. The second-order valence-electron chi connectivity index (χ2n) is 9.25. The minimum Gasteiger partial charge on any atom is -0.495 e. The van der Waals surface area contributed by atoms with Gasteiger partial charge in [-0.25, -0.2) is 9.59 Å². The Balaban J connectivity index is 1.36. The minimum absolute atomic E-state index is 0.0477.